The first-order chi connectivity index (χ1) is 20.6. The van der Waals surface area contributed by atoms with Crippen molar-refractivity contribution in [2.24, 2.45) is 10.7 Å². The van der Waals surface area contributed by atoms with E-state index < -0.39 is 36.6 Å². The predicted molar refractivity (Wildman–Crippen MR) is 156 cm³/mol. The summed E-state index contributed by atoms with van der Waals surface area (Å²) < 4.78 is 0. The van der Waals surface area contributed by atoms with Crippen molar-refractivity contribution in [1.82, 2.24) is 30.6 Å². The first-order valence-corrected chi connectivity index (χ1v) is 14.0. The number of nitrogens with one attached hydrogen (secondary N) is 3. The second-order valence-electron chi connectivity index (χ2n) is 10.2. The van der Waals surface area contributed by atoms with E-state index in [2.05, 4.69) is 25.8 Å². The molecule has 5 rings (SSSR count). The van der Waals surface area contributed by atoms with E-state index >= 15 is 0 Å². The van der Waals surface area contributed by atoms with E-state index in [1.165, 1.54) is 4.90 Å². The Bertz CT molecular complexity index is 1660. The molecule has 224 valence electrons. The van der Waals surface area contributed by atoms with Crippen molar-refractivity contribution in [3.05, 3.63) is 62.8 Å². The SMILES string of the molecule is N#CNC(=NC[C@H](NC(=O)c1c(Cl)cc2c(c1Cl)CCN(C(=O)c1ccc3cn[nH]c3c1)C2)C(=O)O)N1C[C@@H](O)[C@@H](N)C1. The van der Waals surface area contributed by atoms with Crippen LogP contribution in [0.3, 0.4) is 0 Å². The molecule has 0 radical (unpaired) electrons. The Balaban J connectivity index is 1.31. The number of amides is 2. The number of aliphatic hydroxyl groups is 1. The third-order valence-corrected chi connectivity index (χ3v) is 8.15. The van der Waals surface area contributed by atoms with Crippen molar-refractivity contribution in [3.63, 3.8) is 0 Å². The summed E-state index contributed by atoms with van der Waals surface area (Å²) in [5, 5.41) is 41.3. The highest BCUT2D eigenvalue weighted by molar-refractivity contribution is 6.40. The van der Waals surface area contributed by atoms with E-state index in [9.17, 15) is 24.6 Å². The Labute approximate surface area is 255 Å². The highest BCUT2D eigenvalue weighted by Gasteiger charge is 2.32. The van der Waals surface area contributed by atoms with Crippen molar-refractivity contribution < 1.29 is 24.6 Å². The monoisotopic (exact) mass is 627 g/mol. The molecular weight excluding hydrogens is 601 g/mol. The first kappa shape index (κ1) is 30.1. The van der Waals surface area contributed by atoms with Gasteiger partial charge in [-0.05, 0) is 35.7 Å². The van der Waals surface area contributed by atoms with Gasteiger partial charge in [0.2, 0.25) is 5.96 Å². The molecule has 0 unspecified atom stereocenters. The number of carbonyl (C=O) groups excluding carboxylic acids is 2. The number of H-pyrrole nitrogens is 1. The molecule has 3 aromatic rings. The number of aliphatic imine (C=N–C) groups is 1. The molecule has 1 fully saturated rings. The minimum absolute atomic E-state index is 0.00560. The van der Waals surface area contributed by atoms with Gasteiger partial charge in [0.25, 0.3) is 11.8 Å². The number of nitriles is 1. The van der Waals surface area contributed by atoms with E-state index in [4.69, 9.17) is 34.2 Å². The van der Waals surface area contributed by atoms with Crippen molar-refractivity contribution in [2.45, 2.75) is 31.2 Å². The second-order valence-corrected chi connectivity index (χ2v) is 11.0. The fourth-order valence-corrected chi connectivity index (χ4v) is 5.90. The number of guanidine groups is 1. The largest absolute Gasteiger partial charge is 0.480 e. The molecule has 0 bridgehead atoms. The lowest BCUT2D eigenvalue weighted by Gasteiger charge is -2.30. The molecule has 7 N–H and O–H groups in total. The fraction of sp³-hybridized carbons (Fsp3) is 0.333. The highest BCUT2D eigenvalue weighted by atomic mass is 35.5. The number of aliphatic hydroxyl groups excluding tert-OH is 1. The minimum Gasteiger partial charge on any atom is -0.480 e. The van der Waals surface area contributed by atoms with Gasteiger partial charge in [-0.2, -0.15) is 10.4 Å². The molecular formula is C27H27Cl2N9O5. The van der Waals surface area contributed by atoms with Crippen molar-refractivity contribution in [3.8, 4) is 6.19 Å². The van der Waals surface area contributed by atoms with Crippen LogP contribution >= 0.6 is 23.2 Å². The van der Waals surface area contributed by atoms with Crippen molar-refractivity contribution in [2.75, 3.05) is 26.2 Å². The molecule has 2 aromatic carbocycles. The van der Waals surface area contributed by atoms with Gasteiger partial charge in [0.05, 0.1) is 40.0 Å². The molecule has 0 saturated carbocycles. The van der Waals surface area contributed by atoms with Crippen LogP contribution in [0.4, 0.5) is 0 Å². The van der Waals surface area contributed by atoms with Crippen molar-refractivity contribution >= 4 is 57.8 Å². The number of fused-ring (bicyclic) bond motifs is 2. The minimum atomic E-state index is -1.49. The summed E-state index contributed by atoms with van der Waals surface area (Å²) in [6.07, 6.45) is 2.90. The number of aromatic nitrogens is 2. The van der Waals surface area contributed by atoms with E-state index in [-0.39, 0.29) is 47.1 Å². The quantitative estimate of drug-likeness (QED) is 0.0972. The number of rotatable bonds is 6. The molecule has 3 heterocycles. The van der Waals surface area contributed by atoms with Gasteiger partial charge in [-0.15, -0.1) is 0 Å². The zero-order valence-electron chi connectivity index (χ0n) is 22.5. The van der Waals surface area contributed by atoms with E-state index in [1.54, 1.807) is 35.5 Å². The average Bonchev–Trinajstić information content (AvgIpc) is 3.58. The lowest BCUT2D eigenvalue weighted by Crippen LogP contribution is -2.45. The average molecular weight is 628 g/mol. The van der Waals surface area contributed by atoms with Gasteiger partial charge in [0, 0.05) is 43.2 Å². The number of halogens is 2. The van der Waals surface area contributed by atoms with Crippen LogP contribution in [-0.4, -0.2) is 98.3 Å². The Morgan fingerprint density at radius 2 is 2.05 bits per heavy atom. The zero-order valence-corrected chi connectivity index (χ0v) is 24.1. The van der Waals surface area contributed by atoms with Gasteiger partial charge < -0.3 is 31.1 Å². The van der Waals surface area contributed by atoms with Crippen LogP contribution in [-0.2, 0) is 17.8 Å². The summed E-state index contributed by atoms with van der Waals surface area (Å²) in [4.78, 5) is 45.8. The Morgan fingerprint density at radius 3 is 2.74 bits per heavy atom. The standard InChI is InChI=1S/C27H27Cl2N9O5/c28-17-5-15-9-37(25(41)13-1-2-14-7-34-36-19(14)6-13)4-3-16(15)23(29)22(17)24(40)35-20(26(42)43)8-32-27(33-12-30)38-10-18(31)21(39)11-38/h1-2,5-7,18,20-21,39H,3-4,8-11,31H2,(H,32,33)(H,34,36)(H,35,40)(H,42,43)/t18-,20-,21+/m0/s1. The summed E-state index contributed by atoms with van der Waals surface area (Å²) in [6, 6.07) is 4.78. The fourth-order valence-electron chi connectivity index (χ4n) is 5.13. The maximum absolute atomic E-state index is 13.2. The number of hydrogen-bond donors (Lipinski definition) is 6. The van der Waals surface area contributed by atoms with Gasteiger partial charge in [-0.3, -0.25) is 20.0 Å². The van der Waals surface area contributed by atoms with E-state index in [1.807, 2.05) is 6.07 Å². The summed E-state index contributed by atoms with van der Waals surface area (Å²) in [5.74, 6) is -2.36. The molecule has 0 aliphatic carbocycles. The van der Waals surface area contributed by atoms with Gasteiger partial charge in [0.15, 0.2) is 6.19 Å². The number of nitrogens with two attached hydrogens (primary N) is 1. The molecule has 1 saturated heterocycles. The smallest absolute Gasteiger partial charge is 0.328 e. The summed E-state index contributed by atoms with van der Waals surface area (Å²) in [5.41, 5.74) is 8.28. The van der Waals surface area contributed by atoms with E-state index in [0.29, 0.717) is 29.7 Å². The third-order valence-electron chi connectivity index (χ3n) is 7.44. The highest BCUT2D eigenvalue weighted by Crippen LogP contribution is 2.35. The van der Waals surface area contributed by atoms with Crippen LogP contribution in [0.2, 0.25) is 10.0 Å². The van der Waals surface area contributed by atoms with Crippen molar-refractivity contribution in [1.29, 1.82) is 5.26 Å². The summed E-state index contributed by atoms with van der Waals surface area (Å²) in [7, 11) is 0. The Kier molecular flexibility index (Phi) is 8.69. The summed E-state index contributed by atoms with van der Waals surface area (Å²) in [6.45, 7) is 0.412. The Hall–Kier alpha value is -4.42. The number of aromatic amines is 1. The molecule has 2 aliphatic rings. The molecule has 2 aliphatic heterocycles. The first-order valence-electron chi connectivity index (χ1n) is 13.2. The van der Waals surface area contributed by atoms with Crippen LogP contribution in [0.1, 0.15) is 31.8 Å². The molecule has 1 aromatic heterocycles. The van der Waals surface area contributed by atoms with E-state index in [0.717, 1.165) is 10.9 Å². The third kappa shape index (κ3) is 6.20. The van der Waals surface area contributed by atoms with Gasteiger partial charge in [-0.25, -0.2) is 9.79 Å². The zero-order chi connectivity index (χ0) is 30.8. The maximum Gasteiger partial charge on any atom is 0.328 e. The van der Waals surface area contributed by atoms with Crippen LogP contribution in [0.5, 0.6) is 0 Å². The number of β-amino-alcohol motifs (C(OH)–C–C–N with tert-alkyl or cyclic N) is 1. The Morgan fingerprint density at radius 1 is 1.26 bits per heavy atom. The number of carboxylic acid groups (broad SMARTS) is 1. The van der Waals surface area contributed by atoms with Gasteiger partial charge >= 0.3 is 5.97 Å². The number of carboxylic acids is 1. The molecule has 2 amide bonds. The predicted octanol–water partition coefficient (Wildman–Crippen LogP) is 0.682. The van der Waals surface area contributed by atoms with Crippen LogP contribution in [0.25, 0.3) is 10.9 Å². The number of likely N-dealkylation sites (tertiary alicyclic amines) is 1. The van der Waals surface area contributed by atoms with Gasteiger partial charge in [-0.1, -0.05) is 29.3 Å². The molecule has 43 heavy (non-hydrogen) atoms. The van der Waals surface area contributed by atoms with Crippen LogP contribution < -0.4 is 16.4 Å². The molecule has 14 nitrogen and oxygen atoms in total. The lowest BCUT2D eigenvalue weighted by molar-refractivity contribution is -0.138. The molecule has 0 spiro atoms. The van der Waals surface area contributed by atoms with Crippen LogP contribution in [0.15, 0.2) is 35.5 Å². The lowest BCUT2D eigenvalue weighted by atomic mass is 9.96. The number of carbonyl (C=O) groups is 3. The number of nitrogens with zero attached hydrogens (tertiary/aromatic N) is 5. The topological polar surface area (TPSA) is 213 Å². The van der Waals surface area contributed by atoms with Gasteiger partial charge in [0.1, 0.15) is 6.04 Å². The summed E-state index contributed by atoms with van der Waals surface area (Å²) >= 11 is 13.1. The number of benzene rings is 2. The number of aliphatic carboxylic acids is 1. The molecule has 16 heteroatoms. The maximum atomic E-state index is 13.2. The van der Waals surface area contributed by atoms with Crippen LogP contribution in [0, 0.1) is 11.5 Å². The second kappa shape index (κ2) is 12.4. The normalized spacial score (nSPS) is 19.1. The number of hydrogen-bond acceptors (Lipinski definition) is 8. The molecule has 3 atom stereocenters.